The van der Waals surface area contributed by atoms with Gasteiger partial charge >= 0.3 is 5.97 Å². The molecular formula is C38H51NO3. The number of fused-ring (bicyclic) bond motifs is 8. The van der Waals surface area contributed by atoms with E-state index in [1.807, 2.05) is 24.4 Å². The first-order valence-electron chi connectivity index (χ1n) is 16.6. The van der Waals surface area contributed by atoms with Crippen LogP contribution in [0.1, 0.15) is 117 Å². The molecule has 2 aromatic rings. The highest BCUT2D eigenvalue weighted by Crippen LogP contribution is 2.75. The quantitative estimate of drug-likeness (QED) is 0.273. The molecule has 0 bridgehead atoms. The lowest BCUT2D eigenvalue weighted by Gasteiger charge is -2.70. The predicted octanol–water partition coefficient (Wildman–Crippen LogP) is 9.23. The maximum atomic E-state index is 14.2. The van der Waals surface area contributed by atoms with Crippen LogP contribution < -0.4 is 0 Å². The minimum absolute atomic E-state index is 0.0112. The molecule has 7 atom stereocenters. The molecule has 0 spiro atoms. The van der Waals surface area contributed by atoms with Crippen molar-refractivity contribution in [1.82, 2.24) is 5.16 Å². The van der Waals surface area contributed by atoms with Gasteiger partial charge in [0.25, 0.3) is 0 Å². The summed E-state index contributed by atoms with van der Waals surface area (Å²) in [6.45, 7) is 17.8. The lowest BCUT2D eigenvalue weighted by molar-refractivity contribution is -0.182. The van der Waals surface area contributed by atoms with Crippen molar-refractivity contribution in [2.45, 2.75) is 118 Å². The Kier molecular flexibility index (Phi) is 6.14. The molecule has 1 aromatic heterocycles. The number of hydrogen-bond acceptors (Lipinski definition) is 4. The zero-order valence-corrected chi connectivity index (χ0v) is 27.0. The fourth-order valence-corrected chi connectivity index (χ4v) is 11.8. The van der Waals surface area contributed by atoms with Crippen LogP contribution in [0.25, 0.3) is 0 Å². The van der Waals surface area contributed by atoms with Gasteiger partial charge in [-0.2, -0.15) is 0 Å². The third kappa shape index (κ3) is 3.71. The second-order valence-electron chi connectivity index (χ2n) is 17.0. The maximum Gasteiger partial charge on any atom is 0.313 e. The molecule has 0 saturated heterocycles. The highest BCUT2D eigenvalue weighted by atomic mass is 16.5. The Morgan fingerprint density at radius 2 is 1.69 bits per heavy atom. The van der Waals surface area contributed by atoms with Crippen molar-refractivity contribution >= 4 is 5.97 Å². The lowest BCUT2D eigenvalue weighted by Crippen LogP contribution is -2.64. The summed E-state index contributed by atoms with van der Waals surface area (Å²) < 4.78 is 12.1. The molecule has 0 N–H and O–H groups in total. The van der Waals surface area contributed by atoms with Gasteiger partial charge in [0.1, 0.15) is 12.4 Å². The van der Waals surface area contributed by atoms with Crippen LogP contribution >= 0.6 is 0 Å². The van der Waals surface area contributed by atoms with Crippen molar-refractivity contribution in [1.29, 1.82) is 0 Å². The highest BCUT2D eigenvalue weighted by Gasteiger charge is 2.69. The van der Waals surface area contributed by atoms with E-state index in [9.17, 15) is 4.79 Å². The number of rotatable bonds is 3. The van der Waals surface area contributed by atoms with Gasteiger partial charge in [-0.3, -0.25) is 4.79 Å². The number of ether oxygens (including phenoxy) is 1. The van der Waals surface area contributed by atoms with E-state index in [0.717, 1.165) is 56.3 Å². The average Bonchev–Trinajstić information content (AvgIpc) is 3.41. The highest BCUT2D eigenvalue weighted by molar-refractivity contribution is 5.79. The van der Waals surface area contributed by atoms with Crippen molar-refractivity contribution in [3.8, 4) is 0 Å². The fraction of sp³-hybridized carbons (Fsp3) is 0.684. The predicted molar refractivity (Wildman–Crippen MR) is 165 cm³/mol. The standard InChI is InChI=1S/C38H51NO3/c1-33(2)17-19-38(32(40)41-24-25-11-9-8-10-12-25)20-18-36(6)27(28(38)22-33)13-14-30-35(5)21-26-23-39-42-31(26)34(3,4)29(35)15-16-37(30,36)7/h8-13,23,28-30H,14-22,24H2,1-7H3. The van der Waals surface area contributed by atoms with Crippen molar-refractivity contribution in [2.75, 3.05) is 0 Å². The van der Waals surface area contributed by atoms with Gasteiger partial charge < -0.3 is 9.26 Å². The minimum atomic E-state index is -0.399. The Bertz CT molecular complexity index is 1420. The molecule has 5 aliphatic rings. The number of esters is 1. The summed E-state index contributed by atoms with van der Waals surface area (Å²) in [5, 5.41) is 4.28. The van der Waals surface area contributed by atoms with Gasteiger partial charge in [0.05, 0.1) is 11.6 Å². The molecule has 0 aliphatic heterocycles. The van der Waals surface area contributed by atoms with E-state index in [0.29, 0.717) is 18.4 Å². The Morgan fingerprint density at radius 1 is 0.952 bits per heavy atom. The second-order valence-corrected chi connectivity index (χ2v) is 17.0. The molecule has 42 heavy (non-hydrogen) atoms. The largest absolute Gasteiger partial charge is 0.460 e. The molecule has 1 heterocycles. The molecule has 5 aliphatic carbocycles. The normalized spacial score (nSPS) is 41.2. The molecular weight excluding hydrogens is 518 g/mol. The van der Waals surface area contributed by atoms with Crippen molar-refractivity contribution in [3.05, 3.63) is 65.1 Å². The SMILES string of the molecule is CC1(C)CCC2(C(=O)OCc3ccccc3)CCC3(C)C(=CCC4C5(C)Cc6cnoc6C(C)(C)C5CCC43C)C2C1. The summed E-state index contributed by atoms with van der Waals surface area (Å²) in [6.07, 6.45) is 14.4. The fourth-order valence-electron chi connectivity index (χ4n) is 11.8. The van der Waals surface area contributed by atoms with Crippen molar-refractivity contribution in [2.24, 2.45) is 44.8 Å². The van der Waals surface area contributed by atoms with Gasteiger partial charge in [0.2, 0.25) is 0 Å². The van der Waals surface area contributed by atoms with E-state index in [1.54, 1.807) is 5.57 Å². The molecule has 3 fully saturated rings. The summed E-state index contributed by atoms with van der Waals surface area (Å²) in [5.41, 5.74) is 4.27. The number of aromatic nitrogens is 1. The molecule has 3 saturated carbocycles. The summed E-state index contributed by atoms with van der Waals surface area (Å²) in [7, 11) is 0. The summed E-state index contributed by atoms with van der Waals surface area (Å²) in [6, 6.07) is 10.2. The topological polar surface area (TPSA) is 52.3 Å². The van der Waals surface area contributed by atoms with Crippen LogP contribution in [-0.2, 0) is 28.0 Å². The van der Waals surface area contributed by atoms with E-state index in [1.165, 1.54) is 18.4 Å². The molecule has 0 amide bonds. The molecule has 0 radical (unpaired) electrons. The van der Waals surface area contributed by atoms with Gasteiger partial charge in [-0.25, -0.2) is 0 Å². The molecule has 4 nitrogen and oxygen atoms in total. The van der Waals surface area contributed by atoms with Gasteiger partial charge in [-0.1, -0.05) is 95.6 Å². The number of nitrogens with zero attached hydrogens (tertiary/aromatic N) is 1. The van der Waals surface area contributed by atoms with Crippen LogP contribution in [-0.4, -0.2) is 11.1 Å². The van der Waals surface area contributed by atoms with E-state index >= 15 is 0 Å². The van der Waals surface area contributed by atoms with E-state index < -0.39 is 5.41 Å². The van der Waals surface area contributed by atoms with Crippen LogP contribution in [0.15, 0.2) is 52.7 Å². The Labute approximate surface area is 253 Å². The van der Waals surface area contributed by atoms with E-state index in [2.05, 4.69) is 71.8 Å². The minimum Gasteiger partial charge on any atom is -0.460 e. The van der Waals surface area contributed by atoms with E-state index in [4.69, 9.17) is 9.26 Å². The van der Waals surface area contributed by atoms with Gasteiger partial charge in [-0.05, 0) is 103 Å². The lowest BCUT2D eigenvalue weighted by atomic mass is 9.33. The van der Waals surface area contributed by atoms with Gasteiger partial charge in [0, 0.05) is 11.0 Å². The molecule has 1 aromatic carbocycles. The third-order valence-electron chi connectivity index (χ3n) is 14.2. The summed E-state index contributed by atoms with van der Waals surface area (Å²) >= 11 is 0. The maximum absolute atomic E-state index is 14.2. The van der Waals surface area contributed by atoms with Crippen LogP contribution in [0.4, 0.5) is 0 Å². The Hall–Kier alpha value is -2.36. The Balaban J connectivity index is 1.26. The zero-order chi connectivity index (χ0) is 29.8. The second kappa shape index (κ2) is 9.08. The van der Waals surface area contributed by atoms with Crippen LogP contribution in [0.3, 0.4) is 0 Å². The van der Waals surface area contributed by atoms with E-state index in [-0.39, 0.29) is 39.0 Å². The van der Waals surface area contributed by atoms with Crippen LogP contribution in [0, 0.1) is 44.8 Å². The molecule has 7 rings (SSSR count). The molecule has 226 valence electrons. The number of allylic oxidation sites excluding steroid dienone is 2. The number of benzene rings is 1. The summed E-state index contributed by atoms with van der Waals surface area (Å²) in [5.74, 6) is 2.60. The number of hydrogen-bond donors (Lipinski definition) is 0. The first-order valence-corrected chi connectivity index (χ1v) is 16.6. The first-order chi connectivity index (χ1) is 19.8. The third-order valence-corrected chi connectivity index (χ3v) is 14.2. The zero-order valence-electron chi connectivity index (χ0n) is 27.0. The Morgan fingerprint density at radius 3 is 2.45 bits per heavy atom. The molecule has 4 heteroatoms. The first kappa shape index (κ1) is 28.4. The van der Waals surface area contributed by atoms with Crippen molar-refractivity contribution in [3.63, 3.8) is 0 Å². The van der Waals surface area contributed by atoms with Crippen LogP contribution in [0.2, 0.25) is 0 Å². The average molecular weight is 570 g/mol. The van der Waals surface area contributed by atoms with Gasteiger partial charge in [0.15, 0.2) is 0 Å². The number of carbonyl (C=O) groups is 1. The molecule has 7 unspecified atom stereocenters. The number of carbonyl (C=O) groups excluding carboxylic acids is 1. The monoisotopic (exact) mass is 569 g/mol. The summed E-state index contributed by atoms with van der Waals surface area (Å²) in [4.78, 5) is 14.2. The van der Waals surface area contributed by atoms with Crippen molar-refractivity contribution < 1.29 is 14.1 Å². The van der Waals surface area contributed by atoms with Gasteiger partial charge in [-0.15, -0.1) is 0 Å². The van der Waals surface area contributed by atoms with Crippen LogP contribution in [0.5, 0.6) is 0 Å². The smallest absolute Gasteiger partial charge is 0.313 e.